The summed E-state index contributed by atoms with van der Waals surface area (Å²) < 4.78 is 17.3. The van der Waals surface area contributed by atoms with Crippen molar-refractivity contribution in [3.63, 3.8) is 0 Å². The second kappa shape index (κ2) is 5.67. The SMILES string of the molecule is C[C@H]1CN(Cc2nnc(-c3ccc(Br)o3)o2)[C@@H](C)CO1. The highest BCUT2D eigenvalue weighted by Gasteiger charge is 2.25. The van der Waals surface area contributed by atoms with E-state index in [9.17, 15) is 0 Å². The maximum absolute atomic E-state index is 5.65. The van der Waals surface area contributed by atoms with Crippen LogP contribution in [0, 0.1) is 0 Å². The highest BCUT2D eigenvalue weighted by Crippen LogP contribution is 2.24. The highest BCUT2D eigenvalue weighted by atomic mass is 79.9. The Labute approximate surface area is 125 Å². The van der Waals surface area contributed by atoms with E-state index in [1.807, 2.05) is 0 Å². The fraction of sp³-hybridized carbons (Fsp3) is 0.538. The number of hydrogen-bond donors (Lipinski definition) is 0. The minimum atomic E-state index is 0.231. The van der Waals surface area contributed by atoms with Crippen molar-refractivity contribution in [1.82, 2.24) is 15.1 Å². The molecule has 2 atom stereocenters. The number of nitrogens with zero attached hydrogens (tertiary/aromatic N) is 3. The fourth-order valence-corrected chi connectivity index (χ4v) is 2.52. The summed E-state index contributed by atoms with van der Waals surface area (Å²) in [5, 5.41) is 8.10. The van der Waals surface area contributed by atoms with Gasteiger partial charge >= 0.3 is 0 Å². The first kappa shape index (κ1) is 13.8. The van der Waals surface area contributed by atoms with Crippen LogP contribution in [0.4, 0.5) is 0 Å². The molecular weight excluding hydrogens is 326 g/mol. The first-order chi connectivity index (χ1) is 9.61. The first-order valence-corrected chi connectivity index (χ1v) is 7.35. The molecule has 0 N–H and O–H groups in total. The number of halogens is 1. The maximum atomic E-state index is 5.65. The Hall–Kier alpha value is -1.18. The number of furan rings is 1. The summed E-state index contributed by atoms with van der Waals surface area (Å²) in [5.74, 6) is 1.56. The van der Waals surface area contributed by atoms with Gasteiger partial charge in [0.05, 0.1) is 19.3 Å². The van der Waals surface area contributed by atoms with Crippen LogP contribution in [0.5, 0.6) is 0 Å². The van der Waals surface area contributed by atoms with Crippen LogP contribution in [-0.2, 0) is 11.3 Å². The van der Waals surface area contributed by atoms with E-state index in [4.69, 9.17) is 13.6 Å². The van der Waals surface area contributed by atoms with E-state index in [0.29, 0.717) is 34.8 Å². The van der Waals surface area contributed by atoms with Crippen LogP contribution < -0.4 is 0 Å². The van der Waals surface area contributed by atoms with Gasteiger partial charge in [0.25, 0.3) is 5.89 Å². The quantitative estimate of drug-likeness (QED) is 0.855. The summed E-state index contributed by atoms with van der Waals surface area (Å²) in [7, 11) is 0. The predicted molar refractivity (Wildman–Crippen MR) is 75.0 cm³/mol. The van der Waals surface area contributed by atoms with Gasteiger partial charge in [-0.1, -0.05) is 0 Å². The first-order valence-electron chi connectivity index (χ1n) is 6.55. The molecule has 0 amide bonds. The highest BCUT2D eigenvalue weighted by molar-refractivity contribution is 9.10. The minimum absolute atomic E-state index is 0.231. The zero-order chi connectivity index (χ0) is 14.1. The number of morpholine rings is 1. The Kier molecular flexibility index (Phi) is 3.91. The van der Waals surface area contributed by atoms with E-state index < -0.39 is 0 Å². The van der Waals surface area contributed by atoms with Crippen LogP contribution in [0.25, 0.3) is 11.7 Å². The Bertz CT molecular complexity index is 583. The van der Waals surface area contributed by atoms with Gasteiger partial charge in [-0.15, -0.1) is 10.2 Å². The molecule has 0 spiro atoms. The van der Waals surface area contributed by atoms with E-state index in [0.717, 1.165) is 13.2 Å². The third-order valence-electron chi connectivity index (χ3n) is 3.33. The third-order valence-corrected chi connectivity index (χ3v) is 3.75. The zero-order valence-electron chi connectivity index (χ0n) is 11.4. The van der Waals surface area contributed by atoms with Crippen molar-refractivity contribution in [2.24, 2.45) is 0 Å². The van der Waals surface area contributed by atoms with Gasteiger partial charge in [0.2, 0.25) is 5.89 Å². The normalized spacial score (nSPS) is 24.1. The van der Waals surface area contributed by atoms with E-state index in [1.165, 1.54) is 0 Å². The zero-order valence-corrected chi connectivity index (χ0v) is 13.0. The van der Waals surface area contributed by atoms with E-state index >= 15 is 0 Å². The summed E-state index contributed by atoms with van der Waals surface area (Å²) in [6.45, 7) is 6.42. The van der Waals surface area contributed by atoms with E-state index in [1.54, 1.807) is 12.1 Å². The van der Waals surface area contributed by atoms with Gasteiger partial charge in [0.15, 0.2) is 10.4 Å². The second-order valence-corrected chi connectivity index (χ2v) is 5.81. The fourth-order valence-electron chi connectivity index (χ4n) is 2.21. The molecule has 1 aliphatic rings. The van der Waals surface area contributed by atoms with Gasteiger partial charge < -0.3 is 13.6 Å². The second-order valence-electron chi connectivity index (χ2n) is 5.03. The summed E-state index contributed by atoms with van der Waals surface area (Å²) >= 11 is 3.25. The molecule has 6 nitrogen and oxygen atoms in total. The lowest BCUT2D eigenvalue weighted by Gasteiger charge is -2.35. The van der Waals surface area contributed by atoms with Crippen molar-refractivity contribution in [3.8, 4) is 11.7 Å². The van der Waals surface area contributed by atoms with Crippen molar-refractivity contribution in [3.05, 3.63) is 22.7 Å². The minimum Gasteiger partial charge on any atom is -0.444 e. The molecule has 0 saturated carbocycles. The van der Waals surface area contributed by atoms with Crippen molar-refractivity contribution in [2.45, 2.75) is 32.5 Å². The molecule has 0 radical (unpaired) electrons. The molecule has 1 fully saturated rings. The number of rotatable bonds is 3. The number of ether oxygens (including phenoxy) is 1. The lowest BCUT2D eigenvalue weighted by molar-refractivity contribution is -0.0550. The lowest BCUT2D eigenvalue weighted by Crippen LogP contribution is -2.46. The Morgan fingerprint density at radius 3 is 2.90 bits per heavy atom. The summed E-state index contributed by atoms with van der Waals surface area (Å²) in [6, 6.07) is 3.94. The van der Waals surface area contributed by atoms with Crippen LogP contribution in [0.2, 0.25) is 0 Å². The molecule has 1 saturated heterocycles. The average Bonchev–Trinajstić information content (AvgIpc) is 3.03. The van der Waals surface area contributed by atoms with Crippen molar-refractivity contribution < 1.29 is 13.6 Å². The van der Waals surface area contributed by atoms with E-state index in [-0.39, 0.29) is 6.10 Å². The summed E-state index contributed by atoms with van der Waals surface area (Å²) in [6.07, 6.45) is 0.231. The molecule has 2 aromatic heterocycles. The van der Waals surface area contributed by atoms with Gasteiger partial charge in [-0.3, -0.25) is 4.90 Å². The summed E-state index contributed by atoms with van der Waals surface area (Å²) in [4.78, 5) is 2.28. The molecule has 3 heterocycles. The molecule has 7 heteroatoms. The molecule has 3 rings (SSSR count). The van der Waals surface area contributed by atoms with E-state index in [2.05, 4.69) is 44.9 Å². The molecule has 0 unspecified atom stereocenters. The molecule has 2 aromatic rings. The van der Waals surface area contributed by atoms with Gasteiger partial charge in [-0.25, -0.2) is 0 Å². The van der Waals surface area contributed by atoms with Crippen LogP contribution in [-0.4, -0.2) is 40.4 Å². The monoisotopic (exact) mass is 341 g/mol. The molecular formula is C13H16BrN3O3. The molecule has 0 bridgehead atoms. The van der Waals surface area contributed by atoms with Crippen LogP contribution in [0.1, 0.15) is 19.7 Å². The molecule has 20 heavy (non-hydrogen) atoms. The third kappa shape index (κ3) is 2.94. The molecule has 0 aromatic carbocycles. The summed E-state index contributed by atoms with van der Waals surface area (Å²) in [5.41, 5.74) is 0. The molecule has 108 valence electrons. The Balaban J connectivity index is 1.70. The van der Waals surface area contributed by atoms with Gasteiger partial charge in [-0.2, -0.15) is 0 Å². The van der Waals surface area contributed by atoms with Crippen LogP contribution in [0.15, 0.2) is 25.6 Å². The Morgan fingerprint density at radius 1 is 1.30 bits per heavy atom. The van der Waals surface area contributed by atoms with Crippen molar-refractivity contribution in [1.29, 1.82) is 0 Å². The molecule has 0 aliphatic carbocycles. The lowest BCUT2D eigenvalue weighted by atomic mass is 10.2. The van der Waals surface area contributed by atoms with Gasteiger partial charge in [0, 0.05) is 12.6 Å². The Morgan fingerprint density at radius 2 is 2.15 bits per heavy atom. The maximum Gasteiger partial charge on any atom is 0.283 e. The number of hydrogen-bond acceptors (Lipinski definition) is 6. The van der Waals surface area contributed by atoms with Gasteiger partial charge in [0.1, 0.15) is 0 Å². The predicted octanol–water partition coefficient (Wildman–Crippen LogP) is 2.70. The molecule has 1 aliphatic heterocycles. The van der Waals surface area contributed by atoms with Gasteiger partial charge in [-0.05, 0) is 41.9 Å². The van der Waals surface area contributed by atoms with Crippen LogP contribution >= 0.6 is 15.9 Å². The van der Waals surface area contributed by atoms with Crippen molar-refractivity contribution >= 4 is 15.9 Å². The van der Waals surface area contributed by atoms with Crippen molar-refractivity contribution in [2.75, 3.05) is 13.2 Å². The van der Waals surface area contributed by atoms with Crippen LogP contribution in [0.3, 0.4) is 0 Å². The largest absolute Gasteiger partial charge is 0.444 e. The smallest absolute Gasteiger partial charge is 0.283 e. The average molecular weight is 342 g/mol. The number of aromatic nitrogens is 2. The standard InChI is InChI=1S/C13H16BrN3O3/c1-8-7-18-9(2)5-17(8)6-12-15-16-13(20-12)10-3-4-11(14)19-10/h3-4,8-9H,5-7H2,1-2H3/t8-,9-/m0/s1. The topological polar surface area (TPSA) is 64.5 Å².